The maximum atomic E-state index is 13.6. The number of methoxy groups -OCH3 is 1. The highest BCUT2D eigenvalue weighted by Crippen LogP contribution is 2.37. The monoisotopic (exact) mass is 293 g/mol. The summed E-state index contributed by atoms with van der Waals surface area (Å²) in [6.45, 7) is 0. The number of ether oxygens (including phenoxy) is 2. The Balaban J connectivity index is 1.70. The number of nitrogens with one attached hydrogen (secondary N) is 1. The van der Waals surface area contributed by atoms with Gasteiger partial charge in [-0.25, -0.2) is 4.39 Å². The van der Waals surface area contributed by atoms with E-state index in [0.717, 1.165) is 12.8 Å². The molecule has 0 aromatic heterocycles. The number of hydrogen-bond donors (Lipinski definition) is 1. The summed E-state index contributed by atoms with van der Waals surface area (Å²) in [4.78, 5) is 12.1. The molecule has 21 heavy (non-hydrogen) atoms. The van der Waals surface area contributed by atoms with Crippen molar-refractivity contribution in [2.75, 3.05) is 7.11 Å². The molecule has 5 heteroatoms. The van der Waals surface area contributed by atoms with Gasteiger partial charge in [0, 0.05) is 12.5 Å². The summed E-state index contributed by atoms with van der Waals surface area (Å²) < 4.78 is 24.3. The number of carbonyl (C=O) groups is 1. The average Bonchev–Trinajstić information content (AvgIpc) is 3.20. The van der Waals surface area contributed by atoms with Crippen molar-refractivity contribution >= 4 is 5.97 Å². The molecule has 2 atom stereocenters. The molecule has 0 amide bonds. The summed E-state index contributed by atoms with van der Waals surface area (Å²) in [5, 5.41) is 3.40. The zero-order valence-electron chi connectivity index (χ0n) is 12.1. The lowest BCUT2D eigenvalue weighted by atomic mass is 9.97. The number of para-hydroxylation sites is 1. The van der Waals surface area contributed by atoms with Gasteiger partial charge in [0.15, 0.2) is 11.6 Å². The Kier molecular flexibility index (Phi) is 3.85. The van der Waals surface area contributed by atoms with Gasteiger partial charge in [-0.3, -0.25) is 10.1 Å². The van der Waals surface area contributed by atoms with Crippen LogP contribution < -0.4 is 10.1 Å². The summed E-state index contributed by atoms with van der Waals surface area (Å²) in [6.07, 6.45) is 3.91. The Bertz CT molecular complexity index is 532. The number of rotatable bonds is 5. The maximum Gasteiger partial charge on any atom is 0.326 e. The minimum Gasteiger partial charge on any atom is -0.487 e. The van der Waals surface area contributed by atoms with Gasteiger partial charge in [0.25, 0.3) is 0 Å². The van der Waals surface area contributed by atoms with Crippen molar-refractivity contribution < 1.29 is 18.7 Å². The first-order valence-electron chi connectivity index (χ1n) is 7.40. The van der Waals surface area contributed by atoms with E-state index < -0.39 is 5.54 Å². The summed E-state index contributed by atoms with van der Waals surface area (Å²) >= 11 is 0. The van der Waals surface area contributed by atoms with Crippen LogP contribution in [0.15, 0.2) is 24.3 Å². The third-order valence-corrected chi connectivity index (χ3v) is 4.23. The smallest absolute Gasteiger partial charge is 0.326 e. The topological polar surface area (TPSA) is 47.6 Å². The molecule has 1 aromatic carbocycles. The molecule has 3 rings (SSSR count). The molecule has 0 bridgehead atoms. The Morgan fingerprint density at radius 3 is 2.76 bits per heavy atom. The zero-order valence-corrected chi connectivity index (χ0v) is 12.1. The second-order valence-electron chi connectivity index (χ2n) is 5.91. The molecule has 0 spiro atoms. The van der Waals surface area contributed by atoms with Crippen molar-refractivity contribution in [1.82, 2.24) is 5.32 Å². The van der Waals surface area contributed by atoms with E-state index in [4.69, 9.17) is 9.47 Å². The highest BCUT2D eigenvalue weighted by atomic mass is 19.1. The lowest BCUT2D eigenvalue weighted by Crippen LogP contribution is -2.52. The van der Waals surface area contributed by atoms with Crippen molar-refractivity contribution in [3.63, 3.8) is 0 Å². The molecule has 1 N–H and O–H groups in total. The normalized spacial score (nSPS) is 28.4. The van der Waals surface area contributed by atoms with Gasteiger partial charge in [-0.15, -0.1) is 0 Å². The molecule has 4 nitrogen and oxygen atoms in total. The van der Waals surface area contributed by atoms with Crippen LogP contribution in [-0.4, -0.2) is 30.8 Å². The summed E-state index contributed by atoms with van der Waals surface area (Å²) in [5.74, 6) is -0.369. The molecule has 0 radical (unpaired) electrons. The van der Waals surface area contributed by atoms with Gasteiger partial charge in [-0.05, 0) is 37.8 Å². The SMILES string of the molecule is COC(=O)C1(NC2CC2)CCC(Oc2ccccc2F)C1. The van der Waals surface area contributed by atoms with Gasteiger partial charge in [0.05, 0.1) is 7.11 Å². The average molecular weight is 293 g/mol. The van der Waals surface area contributed by atoms with Crippen molar-refractivity contribution in [1.29, 1.82) is 0 Å². The molecule has 2 saturated carbocycles. The van der Waals surface area contributed by atoms with Gasteiger partial charge < -0.3 is 9.47 Å². The molecule has 2 aliphatic carbocycles. The lowest BCUT2D eigenvalue weighted by molar-refractivity contribution is -0.148. The molecular weight excluding hydrogens is 273 g/mol. The third kappa shape index (κ3) is 3.02. The molecule has 0 saturated heterocycles. The van der Waals surface area contributed by atoms with Crippen LogP contribution >= 0.6 is 0 Å². The number of halogens is 1. The van der Waals surface area contributed by atoms with E-state index in [-0.39, 0.29) is 23.6 Å². The van der Waals surface area contributed by atoms with E-state index in [2.05, 4.69) is 5.32 Å². The van der Waals surface area contributed by atoms with Crippen molar-refractivity contribution in [3.8, 4) is 5.75 Å². The number of benzene rings is 1. The molecular formula is C16H20FNO3. The van der Waals surface area contributed by atoms with Gasteiger partial charge in [0.1, 0.15) is 11.6 Å². The quantitative estimate of drug-likeness (QED) is 0.847. The van der Waals surface area contributed by atoms with Crippen LogP contribution in [0.3, 0.4) is 0 Å². The van der Waals surface area contributed by atoms with Gasteiger partial charge in [-0.2, -0.15) is 0 Å². The highest BCUT2D eigenvalue weighted by molar-refractivity contribution is 5.81. The summed E-state index contributed by atoms with van der Waals surface area (Å²) in [5.41, 5.74) is -0.675. The fraction of sp³-hybridized carbons (Fsp3) is 0.562. The molecule has 114 valence electrons. The fourth-order valence-corrected chi connectivity index (χ4v) is 3.01. The van der Waals surface area contributed by atoms with E-state index in [1.807, 2.05) is 0 Å². The van der Waals surface area contributed by atoms with Gasteiger partial charge in [-0.1, -0.05) is 12.1 Å². The minimum atomic E-state index is -0.675. The van der Waals surface area contributed by atoms with Crippen LogP contribution in [-0.2, 0) is 9.53 Å². The second-order valence-corrected chi connectivity index (χ2v) is 5.91. The van der Waals surface area contributed by atoms with Crippen LogP contribution in [0.4, 0.5) is 4.39 Å². The van der Waals surface area contributed by atoms with Crippen LogP contribution in [0.1, 0.15) is 32.1 Å². The fourth-order valence-electron chi connectivity index (χ4n) is 3.01. The predicted molar refractivity (Wildman–Crippen MR) is 75.6 cm³/mol. The van der Waals surface area contributed by atoms with E-state index in [1.54, 1.807) is 18.2 Å². The van der Waals surface area contributed by atoms with Crippen LogP contribution in [0.2, 0.25) is 0 Å². The third-order valence-electron chi connectivity index (χ3n) is 4.23. The lowest BCUT2D eigenvalue weighted by Gasteiger charge is -2.27. The second kappa shape index (κ2) is 5.64. The summed E-state index contributed by atoms with van der Waals surface area (Å²) in [6, 6.07) is 6.76. The van der Waals surface area contributed by atoms with Crippen molar-refractivity contribution in [2.45, 2.75) is 49.8 Å². The van der Waals surface area contributed by atoms with Crippen molar-refractivity contribution in [2.24, 2.45) is 0 Å². The van der Waals surface area contributed by atoms with Gasteiger partial charge in [0.2, 0.25) is 0 Å². The first-order valence-corrected chi connectivity index (χ1v) is 7.40. The number of carbonyl (C=O) groups excluding carboxylic acids is 1. The molecule has 2 unspecified atom stereocenters. The van der Waals surface area contributed by atoms with Gasteiger partial charge >= 0.3 is 5.97 Å². The Hall–Kier alpha value is -1.62. The Morgan fingerprint density at radius 2 is 2.10 bits per heavy atom. The van der Waals surface area contributed by atoms with Crippen molar-refractivity contribution in [3.05, 3.63) is 30.1 Å². The van der Waals surface area contributed by atoms with E-state index in [9.17, 15) is 9.18 Å². The standard InChI is InChI=1S/C16H20FNO3/c1-20-15(19)16(18-11-6-7-11)9-8-12(10-16)21-14-5-3-2-4-13(14)17/h2-5,11-12,18H,6-10H2,1H3. The van der Waals surface area contributed by atoms with Crippen LogP contribution in [0.25, 0.3) is 0 Å². The minimum absolute atomic E-state index is 0.174. The van der Waals surface area contributed by atoms with E-state index >= 15 is 0 Å². The predicted octanol–water partition coefficient (Wildman–Crippen LogP) is 2.42. The molecule has 1 aromatic rings. The number of esters is 1. The summed E-state index contributed by atoms with van der Waals surface area (Å²) in [7, 11) is 1.41. The largest absolute Gasteiger partial charge is 0.487 e. The van der Waals surface area contributed by atoms with E-state index in [1.165, 1.54) is 13.2 Å². The van der Waals surface area contributed by atoms with Crippen LogP contribution in [0, 0.1) is 5.82 Å². The molecule has 0 heterocycles. The first kappa shape index (κ1) is 14.3. The van der Waals surface area contributed by atoms with E-state index in [0.29, 0.717) is 25.3 Å². The Morgan fingerprint density at radius 1 is 1.33 bits per heavy atom. The molecule has 2 aliphatic rings. The zero-order chi connectivity index (χ0) is 14.9. The van der Waals surface area contributed by atoms with Crippen LogP contribution in [0.5, 0.6) is 5.75 Å². The Labute approximate surface area is 123 Å². The maximum absolute atomic E-state index is 13.6. The molecule has 0 aliphatic heterocycles. The first-order chi connectivity index (χ1) is 10.1. The number of hydrogen-bond acceptors (Lipinski definition) is 4. The highest BCUT2D eigenvalue weighted by Gasteiger charge is 2.49. The molecule has 2 fully saturated rings.